The van der Waals surface area contributed by atoms with Crippen molar-refractivity contribution in [2.45, 2.75) is 12.5 Å². The minimum absolute atomic E-state index is 0.301. The first-order chi connectivity index (χ1) is 6.74. The van der Waals surface area contributed by atoms with Gasteiger partial charge in [-0.15, -0.1) is 0 Å². The van der Waals surface area contributed by atoms with Crippen LogP contribution in [-0.4, -0.2) is 18.4 Å². The predicted molar refractivity (Wildman–Crippen MR) is 54.9 cm³/mol. The van der Waals surface area contributed by atoms with Crippen molar-refractivity contribution in [3.05, 3.63) is 35.9 Å². The van der Waals surface area contributed by atoms with Crippen molar-refractivity contribution in [2.75, 3.05) is 11.9 Å². The zero-order chi connectivity index (χ0) is 10.4. The SMILES string of the molecule is FC(F)COC(CBr)c1ccccc1. The highest BCUT2D eigenvalue weighted by Gasteiger charge is 2.12. The van der Waals surface area contributed by atoms with Gasteiger partial charge in [0.15, 0.2) is 0 Å². The fourth-order valence-electron chi connectivity index (χ4n) is 1.09. The van der Waals surface area contributed by atoms with E-state index in [0.29, 0.717) is 5.33 Å². The van der Waals surface area contributed by atoms with E-state index >= 15 is 0 Å². The molecule has 1 unspecified atom stereocenters. The summed E-state index contributed by atoms with van der Waals surface area (Å²) in [6, 6.07) is 9.31. The van der Waals surface area contributed by atoms with Gasteiger partial charge in [-0.25, -0.2) is 8.78 Å². The second-order valence-electron chi connectivity index (χ2n) is 2.78. The summed E-state index contributed by atoms with van der Waals surface area (Å²) in [5, 5.41) is 0.518. The largest absolute Gasteiger partial charge is 0.367 e. The van der Waals surface area contributed by atoms with Crippen molar-refractivity contribution in [1.29, 1.82) is 0 Å². The van der Waals surface area contributed by atoms with E-state index in [1.54, 1.807) is 0 Å². The lowest BCUT2D eigenvalue weighted by molar-refractivity contribution is -0.0159. The van der Waals surface area contributed by atoms with E-state index in [0.717, 1.165) is 5.56 Å². The third kappa shape index (κ3) is 3.72. The van der Waals surface area contributed by atoms with Crippen LogP contribution in [0.1, 0.15) is 11.7 Å². The van der Waals surface area contributed by atoms with E-state index in [-0.39, 0.29) is 6.10 Å². The van der Waals surface area contributed by atoms with Crippen LogP contribution in [0.5, 0.6) is 0 Å². The first-order valence-corrected chi connectivity index (χ1v) is 5.37. The molecular weight excluding hydrogens is 254 g/mol. The fourth-order valence-corrected chi connectivity index (χ4v) is 1.65. The average Bonchev–Trinajstić information content (AvgIpc) is 2.20. The van der Waals surface area contributed by atoms with Gasteiger partial charge in [0, 0.05) is 5.33 Å². The molecule has 0 bridgehead atoms. The molecule has 0 N–H and O–H groups in total. The molecule has 1 rings (SSSR count). The summed E-state index contributed by atoms with van der Waals surface area (Å²) >= 11 is 3.23. The van der Waals surface area contributed by atoms with Crippen LogP contribution in [0.2, 0.25) is 0 Å². The molecular formula is C10H11BrF2O. The van der Waals surface area contributed by atoms with Crippen LogP contribution in [0.3, 0.4) is 0 Å². The van der Waals surface area contributed by atoms with Crippen molar-refractivity contribution in [2.24, 2.45) is 0 Å². The quantitative estimate of drug-likeness (QED) is 0.741. The first kappa shape index (κ1) is 11.6. The first-order valence-electron chi connectivity index (χ1n) is 4.24. The monoisotopic (exact) mass is 264 g/mol. The van der Waals surface area contributed by atoms with Crippen LogP contribution in [0, 0.1) is 0 Å². The van der Waals surface area contributed by atoms with Crippen molar-refractivity contribution in [3.8, 4) is 0 Å². The molecule has 1 aromatic carbocycles. The zero-order valence-electron chi connectivity index (χ0n) is 7.50. The van der Waals surface area contributed by atoms with Gasteiger partial charge in [0.2, 0.25) is 0 Å². The highest BCUT2D eigenvalue weighted by Crippen LogP contribution is 2.19. The molecule has 14 heavy (non-hydrogen) atoms. The van der Waals surface area contributed by atoms with E-state index in [2.05, 4.69) is 15.9 Å². The van der Waals surface area contributed by atoms with Gasteiger partial charge in [0.25, 0.3) is 6.43 Å². The maximum atomic E-state index is 11.9. The topological polar surface area (TPSA) is 9.23 Å². The second-order valence-corrected chi connectivity index (χ2v) is 3.43. The molecule has 0 fully saturated rings. The summed E-state index contributed by atoms with van der Waals surface area (Å²) in [6.45, 7) is -0.523. The molecule has 0 aliphatic carbocycles. The Labute approximate surface area is 90.2 Å². The zero-order valence-corrected chi connectivity index (χ0v) is 9.08. The van der Waals surface area contributed by atoms with Gasteiger partial charge in [-0.2, -0.15) is 0 Å². The lowest BCUT2D eigenvalue weighted by Gasteiger charge is -2.15. The number of ether oxygens (including phenoxy) is 1. The summed E-state index contributed by atoms with van der Waals surface area (Å²) < 4.78 is 28.9. The molecule has 1 atom stereocenters. The molecule has 0 aliphatic rings. The molecule has 4 heteroatoms. The molecule has 0 saturated heterocycles. The minimum atomic E-state index is -2.42. The predicted octanol–water partition coefficient (Wildman–Crippen LogP) is 3.40. The molecule has 78 valence electrons. The van der Waals surface area contributed by atoms with Crippen LogP contribution in [-0.2, 0) is 4.74 Å². The Balaban J connectivity index is 2.54. The van der Waals surface area contributed by atoms with Crippen molar-refractivity contribution >= 4 is 15.9 Å². The fraction of sp³-hybridized carbons (Fsp3) is 0.400. The lowest BCUT2D eigenvalue weighted by Crippen LogP contribution is -2.11. The van der Waals surface area contributed by atoms with E-state index < -0.39 is 13.0 Å². The van der Waals surface area contributed by atoms with Gasteiger partial charge in [-0.1, -0.05) is 46.3 Å². The number of alkyl halides is 3. The van der Waals surface area contributed by atoms with Gasteiger partial charge in [0.05, 0.1) is 6.10 Å². The van der Waals surface area contributed by atoms with Crippen LogP contribution in [0.4, 0.5) is 8.78 Å². The lowest BCUT2D eigenvalue weighted by atomic mass is 10.1. The molecule has 0 aromatic heterocycles. The summed E-state index contributed by atoms with van der Waals surface area (Å²) in [5.41, 5.74) is 0.907. The Morgan fingerprint density at radius 2 is 1.86 bits per heavy atom. The molecule has 0 spiro atoms. The molecule has 1 nitrogen and oxygen atoms in total. The Hall–Kier alpha value is -0.480. The second kappa shape index (κ2) is 6.09. The van der Waals surface area contributed by atoms with Gasteiger partial charge in [0.1, 0.15) is 6.61 Å². The van der Waals surface area contributed by atoms with E-state index in [1.165, 1.54) is 0 Å². The molecule has 0 radical (unpaired) electrons. The Morgan fingerprint density at radius 1 is 1.21 bits per heavy atom. The van der Waals surface area contributed by atoms with Gasteiger partial charge in [-0.3, -0.25) is 0 Å². The summed E-state index contributed by atoms with van der Waals surface area (Å²) in [4.78, 5) is 0. The van der Waals surface area contributed by atoms with E-state index in [9.17, 15) is 8.78 Å². The minimum Gasteiger partial charge on any atom is -0.367 e. The molecule has 1 aromatic rings. The number of hydrogen-bond acceptors (Lipinski definition) is 1. The van der Waals surface area contributed by atoms with Gasteiger partial charge >= 0.3 is 0 Å². The third-order valence-electron chi connectivity index (χ3n) is 1.73. The molecule has 0 aliphatic heterocycles. The maximum Gasteiger partial charge on any atom is 0.261 e. The molecule has 0 saturated carbocycles. The maximum absolute atomic E-state index is 11.9. The Kier molecular flexibility index (Phi) is 5.04. The van der Waals surface area contributed by atoms with Gasteiger partial charge < -0.3 is 4.74 Å². The number of halogens is 3. The number of hydrogen-bond donors (Lipinski definition) is 0. The van der Waals surface area contributed by atoms with Gasteiger partial charge in [-0.05, 0) is 5.56 Å². The summed E-state index contributed by atoms with van der Waals surface area (Å²) in [5.74, 6) is 0. The van der Waals surface area contributed by atoms with Crippen LogP contribution in [0.25, 0.3) is 0 Å². The van der Waals surface area contributed by atoms with Crippen LogP contribution in [0.15, 0.2) is 30.3 Å². The molecule has 0 amide bonds. The van der Waals surface area contributed by atoms with E-state index in [4.69, 9.17) is 4.74 Å². The Morgan fingerprint density at radius 3 is 2.36 bits per heavy atom. The summed E-state index contributed by atoms with van der Waals surface area (Å²) in [6.07, 6.45) is -2.72. The normalized spacial score (nSPS) is 13.1. The average molecular weight is 265 g/mol. The number of benzene rings is 1. The highest BCUT2D eigenvalue weighted by molar-refractivity contribution is 9.09. The van der Waals surface area contributed by atoms with Crippen molar-refractivity contribution in [3.63, 3.8) is 0 Å². The van der Waals surface area contributed by atoms with Crippen LogP contribution >= 0.6 is 15.9 Å². The number of rotatable bonds is 5. The Bertz CT molecular complexity index is 254. The summed E-state index contributed by atoms with van der Waals surface area (Å²) in [7, 11) is 0. The smallest absolute Gasteiger partial charge is 0.261 e. The van der Waals surface area contributed by atoms with Crippen LogP contribution < -0.4 is 0 Å². The van der Waals surface area contributed by atoms with E-state index in [1.807, 2.05) is 30.3 Å². The highest BCUT2D eigenvalue weighted by atomic mass is 79.9. The molecule has 0 heterocycles. The van der Waals surface area contributed by atoms with Crippen molar-refractivity contribution < 1.29 is 13.5 Å². The standard InChI is InChI=1S/C10H11BrF2O/c11-6-9(14-7-10(12)13)8-4-2-1-3-5-8/h1-5,9-10H,6-7H2. The van der Waals surface area contributed by atoms with Crippen molar-refractivity contribution in [1.82, 2.24) is 0 Å². The third-order valence-corrected chi connectivity index (χ3v) is 2.32.